The smallest absolute Gasteiger partial charge is 0.377 e. The van der Waals surface area contributed by atoms with E-state index in [1.807, 2.05) is 0 Å². The average Bonchev–Trinajstić information content (AvgIpc) is 2.51. The first-order valence-electron chi connectivity index (χ1n) is 4.09. The van der Waals surface area contributed by atoms with Crippen molar-refractivity contribution in [1.82, 2.24) is 15.5 Å². The Morgan fingerprint density at radius 1 is 1.47 bits per heavy atom. The maximum Gasteiger partial charge on any atom is 0.401 e. The van der Waals surface area contributed by atoms with Gasteiger partial charge in [0.05, 0.1) is 13.1 Å². The third kappa shape index (κ3) is 4.75. The molecule has 0 aromatic carbocycles. The number of hydrogen-bond donors (Lipinski definition) is 1. The van der Waals surface area contributed by atoms with E-state index in [4.69, 9.17) is 4.74 Å². The Morgan fingerprint density at radius 3 is 2.80 bits per heavy atom. The second-order valence-corrected chi connectivity index (χ2v) is 2.76. The Labute approximate surface area is 83.6 Å². The first-order chi connectivity index (χ1) is 7.01. The van der Waals surface area contributed by atoms with Gasteiger partial charge in [-0.05, 0) is 0 Å². The van der Waals surface area contributed by atoms with E-state index in [1.165, 1.54) is 7.11 Å². The van der Waals surface area contributed by atoms with Gasteiger partial charge in [-0.25, -0.2) is 0 Å². The summed E-state index contributed by atoms with van der Waals surface area (Å²) >= 11 is 0. The number of nitrogens with zero attached hydrogens (tertiary/aromatic N) is 2. The summed E-state index contributed by atoms with van der Waals surface area (Å²) in [5, 5.41) is 5.62. The Hall–Kier alpha value is -1.15. The van der Waals surface area contributed by atoms with E-state index in [-0.39, 0.29) is 19.0 Å². The van der Waals surface area contributed by atoms with Crippen molar-refractivity contribution in [2.24, 2.45) is 0 Å². The fourth-order valence-corrected chi connectivity index (χ4v) is 0.861. The molecular weight excluding hydrogens is 215 g/mol. The van der Waals surface area contributed by atoms with E-state index in [9.17, 15) is 13.2 Å². The van der Waals surface area contributed by atoms with Crippen LogP contribution in [0.5, 0.6) is 0 Å². The van der Waals surface area contributed by atoms with Crippen LogP contribution in [0.25, 0.3) is 0 Å². The lowest BCUT2D eigenvalue weighted by molar-refractivity contribution is -0.125. The molecule has 1 rings (SSSR count). The molecule has 0 fully saturated rings. The zero-order chi connectivity index (χ0) is 11.3. The van der Waals surface area contributed by atoms with E-state index >= 15 is 0 Å². The molecule has 0 saturated heterocycles. The van der Waals surface area contributed by atoms with Gasteiger partial charge in [-0.3, -0.25) is 0 Å². The molecule has 0 atom stereocenters. The van der Waals surface area contributed by atoms with Gasteiger partial charge in [-0.15, -0.1) is 0 Å². The fourth-order valence-electron chi connectivity index (χ4n) is 0.861. The van der Waals surface area contributed by atoms with E-state index in [0.717, 1.165) is 0 Å². The van der Waals surface area contributed by atoms with Gasteiger partial charge < -0.3 is 14.6 Å². The van der Waals surface area contributed by atoms with E-state index in [1.54, 1.807) is 0 Å². The minimum absolute atomic E-state index is 0.103. The maximum atomic E-state index is 11.7. The number of hydrogen-bond acceptors (Lipinski definition) is 5. The van der Waals surface area contributed by atoms with Crippen LogP contribution < -0.4 is 5.32 Å². The summed E-state index contributed by atoms with van der Waals surface area (Å²) in [6.45, 7) is -1.03. The largest absolute Gasteiger partial charge is 0.401 e. The quantitative estimate of drug-likeness (QED) is 0.805. The van der Waals surface area contributed by atoms with Crippen molar-refractivity contribution in [2.75, 3.05) is 13.7 Å². The van der Waals surface area contributed by atoms with Crippen LogP contribution in [-0.4, -0.2) is 30.0 Å². The monoisotopic (exact) mass is 225 g/mol. The predicted octanol–water partition coefficient (Wildman–Crippen LogP) is 0.868. The van der Waals surface area contributed by atoms with Gasteiger partial charge in [0, 0.05) is 7.11 Å². The minimum atomic E-state index is -4.24. The topological polar surface area (TPSA) is 60.2 Å². The highest BCUT2D eigenvalue weighted by atomic mass is 19.4. The van der Waals surface area contributed by atoms with Gasteiger partial charge in [0.25, 0.3) is 0 Å². The molecule has 0 bridgehead atoms. The zero-order valence-corrected chi connectivity index (χ0v) is 7.97. The summed E-state index contributed by atoms with van der Waals surface area (Å²) in [6, 6.07) is 0. The summed E-state index contributed by atoms with van der Waals surface area (Å²) in [7, 11) is 1.46. The molecule has 15 heavy (non-hydrogen) atoms. The van der Waals surface area contributed by atoms with Crippen molar-refractivity contribution < 1.29 is 22.4 Å². The first-order valence-corrected chi connectivity index (χ1v) is 4.09. The van der Waals surface area contributed by atoms with Crippen molar-refractivity contribution in [3.8, 4) is 0 Å². The molecule has 0 unspecified atom stereocenters. The van der Waals surface area contributed by atoms with Crippen molar-refractivity contribution in [3.05, 3.63) is 11.7 Å². The van der Waals surface area contributed by atoms with Gasteiger partial charge in [-0.1, -0.05) is 5.16 Å². The summed E-state index contributed by atoms with van der Waals surface area (Å²) in [5.74, 6) is 0.410. The highest BCUT2D eigenvalue weighted by Gasteiger charge is 2.26. The third-order valence-electron chi connectivity index (χ3n) is 1.39. The number of halogens is 3. The molecule has 0 spiro atoms. The lowest BCUT2D eigenvalue weighted by atomic mass is 10.5. The molecule has 0 amide bonds. The normalized spacial score (nSPS) is 12.0. The molecule has 5 nitrogen and oxygen atoms in total. The number of aromatic nitrogens is 2. The summed E-state index contributed by atoms with van der Waals surface area (Å²) in [6.07, 6.45) is -4.24. The van der Waals surface area contributed by atoms with Crippen molar-refractivity contribution in [3.63, 3.8) is 0 Å². The van der Waals surface area contributed by atoms with Crippen molar-refractivity contribution >= 4 is 0 Å². The Balaban J connectivity index is 2.31. The fraction of sp³-hybridized carbons (Fsp3) is 0.714. The number of nitrogens with one attached hydrogen (secondary N) is 1. The van der Waals surface area contributed by atoms with Crippen LogP contribution in [0.15, 0.2) is 4.52 Å². The third-order valence-corrected chi connectivity index (χ3v) is 1.39. The van der Waals surface area contributed by atoms with Crippen LogP contribution >= 0.6 is 0 Å². The number of methoxy groups -OCH3 is 1. The molecule has 0 radical (unpaired) electrons. The van der Waals surface area contributed by atoms with Crippen molar-refractivity contribution in [2.45, 2.75) is 19.3 Å². The molecular formula is C7H10F3N3O2. The lowest BCUT2D eigenvalue weighted by Crippen LogP contribution is -2.28. The molecule has 0 aliphatic heterocycles. The van der Waals surface area contributed by atoms with Crippen LogP contribution in [0, 0.1) is 0 Å². The summed E-state index contributed by atoms with van der Waals surface area (Å²) in [5.41, 5.74) is 0. The number of rotatable bonds is 5. The van der Waals surface area contributed by atoms with Crippen LogP contribution in [0.3, 0.4) is 0 Å². The van der Waals surface area contributed by atoms with Crippen LogP contribution in [-0.2, 0) is 17.9 Å². The van der Waals surface area contributed by atoms with Gasteiger partial charge in [0.15, 0.2) is 5.82 Å². The average molecular weight is 225 g/mol. The van der Waals surface area contributed by atoms with Gasteiger partial charge in [-0.2, -0.15) is 18.2 Å². The Morgan fingerprint density at radius 2 is 2.20 bits per heavy atom. The molecule has 0 aliphatic rings. The van der Waals surface area contributed by atoms with Crippen molar-refractivity contribution in [1.29, 1.82) is 0 Å². The second-order valence-electron chi connectivity index (χ2n) is 2.76. The SMILES string of the molecule is COCc1noc(CNCC(F)(F)F)n1. The van der Waals surface area contributed by atoms with Crippen LogP contribution in [0.4, 0.5) is 13.2 Å². The van der Waals surface area contributed by atoms with Crippen LogP contribution in [0.2, 0.25) is 0 Å². The van der Waals surface area contributed by atoms with E-state index in [2.05, 4.69) is 20.0 Å². The highest BCUT2D eigenvalue weighted by Crippen LogP contribution is 2.12. The molecule has 86 valence electrons. The molecule has 0 saturated carbocycles. The predicted molar refractivity (Wildman–Crippen MR) is 42.8 cm³/mol. The summed E-state index contributed by atoms with van der Waals surface area (Å²) in [4.78, 5) is 3.79. The van der Waals surface area contributed by atoms with Gasteiger partial charge in [0.1, 0.15) is 6.61 Å². The maximum absolute atomic E-state index is 11.7. The molecule has 1 heterocycles. The first kappa shape index (κ1) is 11.9. The standard InChI is InChI=1S/C7H10F3N3O2/c1-14-3-5-12-6(15-13-5)2-11-4-7(8,9)10/h11H,2-4H2,1H3. The molecule has 1 aromatic rings. The molecule has 1 N–H and O–H groups in total. The number of alkyl halides is 3. The number of ether oxygens (including phenoxy) is 1. The molecule has 8 heteroatoms. The Bertz CT molecular complexity index is 300. The van der Waals surface area contributed by atoms with Crippen LogP contribution in [0.1, 0.15) is 11.7 Å². The van der Waals surface area contributed by atoms with E-state index in [0.29, 0.717) is 5.82 Å². The van der Waals surface area contributed by atoms with Gasteiger partial charge in [0.2, 0.25) is 5.89 Å². The zero-order valence-electron chi connectivity index (χ0n) is 7.97. The Kier molecular flexibility index (Phi) is 4.04. The van der Waals surface area contributed by atoms with E-state index < -0.39 is 12.7 Å². The minimum Gasteiger partial charge on any atom is -0.377 e. The summed E-state index contributed by atoms with van der Waals surface area (Å²) < 4.78 is 44.6. The highest BCUT2D eigenvalue weighted by molar-refractivity contribution is 4.83. The second kappa shape index (κ2) is 5.08. The lowest BCUT2D eigenvalue weighted by Gasteiger charge is -2.05. The molecule has 0 aliphatic carbocycles. The van der Waals surface area contributed by atoms with Gasteiger partial charge >= 0.3 is 6.18 Å². The molecule has 1 aromatic heterocycles.